The minimum atomic E-state index is -0.0326. The Labute approximate surface area is 164 Å². The molecule has 0 spiro atoms. The van der Waals surface area contributed by atoms with Gasteiger partial charge in [0.15, 0.2) is 0 Å². The molecule has 4 rings (SSSR count). The van der Waals surface area contributed by atoms with Crippen LogP contribution in [0.1, 0.15) is 50.0 Å². The SMILES string of the molecule is Cc1ccc2c(c1)-c1c(ssc1=NC1CCC(N(C)C)CC1)C(C)(C)N2. The molecule has 3 nitrogen and oxygen atoms in total. The second kappa shape index (κ2) is 6.77. The number of nitrogens with zero attached hydrogens (tertiary/aromatic N) is 2. The molecule has 1 aliphatic heterocycles. The fourth-order valence-electron chi connectivity index (χ4n) is 4.24. The summed E-state index contributed by atoms with van der Waals surface area (Å²) in [6.45, 7) is 6.74. The van der Waals surface area contributed by atoms with Crippen LogP contribution in [-0.2, 0) is 5.54 Å². The van der Waals surface area contributed by atoms with Gasteiger partial charge >= 0.3 is 0 Å². The van der Waals surface area contributed by atoms with E-state index < -0.39 is 0 Å². The molecule has 1 saturated carbocycles. The van der Waals surface area contributed by atoms with E-state index in [0.717, 1.165) is 6.04 Å². The van der Waals surface area contributed by atoms with Crippen molar-refractivity contribution in [2.45, 2.75) is 64.1 Å². The number of aryl methyl sites for hydroxylation is 1. The Morgan fingerprint density at radius 2 is 1.85 bits per heavy atom. The summed E-state index contributed by atoms with van der Waals surface area (Å²) in [4.78, 5) is 9.07. The van der Waals surface area contributed by atoms with E-state index >= 15 is 0 Å². The summed E-state index contributed by atoms with van der Waals surface area (Å²) in [7, 11) is 8.17. The van der Waals surface area contributed by atoms with Gasteiger partial charge in [0.05, 0.1) is 16.5 Å². The Morgan fingerprint density at radius 3 is 2.54 bits per heavy atom. The van der Waals surface area contributed by atoms with Crippen LogP contribution in [0.2, 0.25) is 0 Å². The van der Waals surface area contributed by atoms with Crippen molar-refractivity contribution < 1.29 is 0 Å². The van der Waals surface area contributed by atoms with E-state index in [-0.39, 0.29) is 5.54 Å². The van der Waals surface area contributed by atoms with Crippen LogP contribution in [-0.4, -0.2) is 31.1 Å². The maximum Gasteiger partial charge on any atom is 0.130 e. The van der Waals surface area contributed by atoms with Crippen LogP contribution in [0, 0.1) is 6.92 Å². The van der Waals surface area contributed by atoms with Crippen LogP contribution in [0.4, 0.5) is 5.69 Å². The first-order chi connectivity index (χ1) is 12.3. The zero-order valence-corrected chi connectivity index (χ0v) is 18.1. The summed E-state index contributed by atoms with van der Waals surface area (Å²) >= 11 is 0. The largest absolute Gasteiger partial charge is 0.375 e. The van der Waals surface area contributed by atoms with Crippen molar-refractivity contribution in [2.75, 3.05) is 19.4 Å². The van der Waals surface area contributed by atoms with Gasteiger partial charge < -0.3 is 10.2 Å². The normalized spacial score (nSPS) is 24.9. The highest BCUT2D eigenvalue weighted by Gasteiger charge is 2.34. The van der Waals surface area contributed by atoms with E-state index in [1.54, 1.807) is 0 Å². The summed E-state index contributed by atoms with van der Waals surface area (Å²) in [6.07, 6.45) is 4.95. The predicted molar refractivity (Wildman–Crippen MR) is 114 cm³/mol. The van der Waals surface area contributed by atoms with Crippen LogP contribution in [0.5, 0.6) is 0 Å². The van der Waals surface area contributed by atoms with Gasteiger partial charge in [0.2, 0.25) is 0 Å². The van der Waals surface area contributed by atoms with Crippen molar-refractivity contribution in [3.63, 3.8) is 0 Å². The molecule has 2 heterocycles. The molecule has 1 aromatic carbocycles. The van der Waals surface area contributed by atoms with E-state index in [2.05, 4.69) is 63.3 Å². The van der Waals surface area contributed by atoms with Crippen LogP contribution in [0.3, 0.4) is 0 Å². The van der Waals surface area contributed by atoms with Crippen LogP contribution >= 0.6 is 20.7 Å². The second-order valence-corrected chi connectivity index (χ2v) is 10.7. The molecule has 1 N–H and O–H groups in total. The van der Waals surface area contributed by atoms with Gasteiger partial charge in [-0.25, -0.2) is 0 Å². The molecule has 2 aromatic rings. The first kappa shape index (κ1) is 18.2. The van der Waals surface area contributed by atoms with Crippen LogP contribution in [0.25, 0.3) is 11.1 Å². The standard InChI is InChI=1S/C21H29N3S2/c1-13-6-11-17-16(12-13)18-19(21(2,3)23-17)25-26-20(18)22-14-7-9-15(10-8-14)24(4)5/h6,11-12,14-15,23H,7-10H2,1-5H3. The van der Waals surface area contributed by atoms with E-state index in [4.69, 9.17) is 4.99 Å². The van der Waals surface area contributed by atoms with Crippen molar-refractivity contribution in [3.8, 4) is 11.1 Å². The van der Waals surface area contributed by atoms with E-state index in [1.807, 2.05) is 20.7 Å². The Bertz CT molecular complexity index is 868. The molecule has 1 aromatic heterocycles. The molecule has 0 radical (unpaired) electrons. The average Bonchev–Trinajstić information content (AvgIpc) is 3.01. The highest BCUT2D eigenvalue weighted by atomic mass is 32.9. The number of nitrogens with one attached hydrogen (secondary N) is 1. The highest BCUT2D eigenvalue weighted by molar-refractivity contribution is 7.68. The molecule has 0 atom stereocenters. The van der Waals surface area contributed by atoms with Gasteiger partial charge in [-0.2, -0.15) is 0 Å². The van der Waals surface area contributed by atoms with Crippen molar-refractivity contribution in [3.05, 3.63) is 33.3 Å². The maximum absolute atomic E-state index is 5.26. The third kappa shape index (κ3) is 3.25. The molecular formula is C21H29N3S2. The average molecular weight is 388 g/mol. The van der Waals surface area contributed by atoms with Gasteiger partial charge in [0, 0.05) is 22.9 Å². The zero-order chi connectivity index (χ0) is 18.5. The molecule has 1 fully saturated rings. The van der Waals surface area contributed by atoms with E-state index in [1.165, 1.54) is 57.6 Å². The van der Waals surface area contributed by atoms with Crippen molar-refractivity contribution >= 4 is 26.4 Å². The van der Waals surface area contributed by atoms with Crippen molar-refractivity contribution in [1.82, 2.24) is 4.90 Å². The lowest BCUT2D eigenvalue weighted by molar-refractivity contribution is 0.217. The van der Waals surface area contributed by atoms with Gasteiger partial charge in [-0.15, -0.1) is 0 Å². The van der Waals surface area contributed by atoms with Gasteiger partial charge in [-0.05, 0) is 72.7 Å². The number of rotatable bonds is 2. The number of hydrogen-bond acceptors (Lipinski definition) is 5. The monoisotopic (exact) mass is 387 g/mol. The minimum absolute atomic E-state index is 0.0326. The summed E-state index contributed by atoms with van der Waals surface area (Å²) in [5.74, 6) is 0. The first-order valence-corrected chi connectivity index (χ1v) is 11.7. The predicted octanol–water partition coefficient (Wildman–Crippen LogP) is 5.22. The van der Waals surface area contributed by atoms with Crippen molar-refractivity contribution in [2.24, 2.45) is 4.99 Å². The zero-order valence-electron chi connectivity index (χ0n) is 16.4. The number of hydrogen-bond donors (Lipinski definition) is 1. The molecule has 2 aliphatic rings. The Kier molecular flexibility index (Phi) is 4.74. The lowest BCUT2D eigenvalue weighted by Gasteiger charge is -2.33. The van der Waals surface area contributed by atoms with E-state index in [9.17, 15) is 0 Å². The quantitative estimate of drug-likeness (QED) is 0.716. The fraction of sp³-hybridized carbons (Fsp3) is 0.571. The highest BCUT2D eigenvalue weighted by Crippen LogP contribution is 2.45. The third-order valence-electron chi connectivity index (χ3n) is 5.80. The van der Waals surface area contributed by atoms with Crippen LogP contribution < -0.4 is 9.99 Å². The summed E-state index contributed by atoms with van der Waals surface area (Å²) in [6, 6.07) is 7.95. The van der Waals surface area contributed by atoms with Crippen LogP contribution in [0.15, 0.2) is 23.2 Å². The first-order valence-electron chi connectivity index (χ1n) is 9.58. The molecule has 0 amide bonds. The summed E-state index contributed by atoms with van der Waals surface area (Å²) < 4.78 is 1.25. The number of benzene rings is 1. The smallest absolute Gasteiger partial charge is 0.130 e. The molecule has 5 heteroatoms. The minimum Gasteiger partial charge on any atom is -0.375 e. The number of anilines is 1. The lowest BCUT2D eigenvalue weighted by atomic mass is 9.88. The summed E-state index contributed by atoms with van der Waals surface area (Å²) in [5, 5.41) is 3.72. The molecule has 140 valence electrons. The Morgan fingerprint density at radius 1 is 1.12 bits per heavy atom. The number of fused-ring (bicyclic) bond motifs is 3. The molecule has 0 saturated heterocycles. The third-order valence-corrected chi connectivity index (χ3v) is 8.46. The van der Waals surface area contributed by atoms with E-state index in [0.29, 0.717) is 6.04 Å². The van der Waals surface area contributed by atoms with Gasteiger partial charge in [-0.1, -0.05) is 32.3 Å². The van der Waals surface area contributed by atoms with Crippen molar-refractivity contribution in [1.29, 1.82) is 0 Å². The molecular weight excluding hydrogens is 358 g/mol. The van der Waals surface area contributed by atoms with Gasteiger partial charge in [0.25, 0.3) is 0 Å². The topological polar surface area (TPSA) is 27.6 Å². The lowest BCUT2D eigenvalue weighted by Crippen LogP contribution is -2.34. The van der Waals surface area contributed by atoms with Gasteiger partial charge in [0.1, 0.15) is 4.67 Å². The molecule has 0 unspecified atom stereocenters. The van der Waals surface area contributed by atoms with Gasteiger partial charge in [-0.3, -0.25) is 4.99 Å². The maximum atomic E-state index is 5.26. The molecule has 0 bridgehead atoms. The fourth-order valence-corrected chi connectivity index (χ4v) is 7.24. The molecule has 1 aliphatic carbocycles. The summed E-state index contributed by atoms with van der Waals surface area (Å²) in [5.41, 5.74) is 5.24. The Hall–Kier alpha value is -1.17. The Balaban J connectivity index is 1.74. The molecule has 26 heavy (non-hydrogen) atoms. The second-order valence-electron chi connectivity index (χ2n) is 8.53.